The third-order valence-corrected chi connectivity index (χ3v) is 6.91. The van der Waals surface area contributed by atoms with Crippen molar-refractivity contribution >= 4 is 66.9 Å². The third-order valence-electron chi connectivity index (χ3n) is 2.95. The molecule has 0 saturated carbocycles. The smallest absolute Gasteiger partial charge is 1.00 e. The van der Waals surface area contributed by atoms with E-state index in [9.17, 15) is 0 Å². The van der Waals surface area contributed by atoms with Crippen LogP contribution in [0, 0.1) is 6.07 Å². The van der Waals surface area contributed by atoms with Crippen LogP contribution in [0.3, 0.4) is 0 Å². The van der Waals surface area contributed by atoms with Crippen molar-refractivity contribution < 1.29 is 17.0 Å². The van der Waals surface area contributed by atoms with E-state index in [2.05, 4.69) is 84.6 Å². The normalized spacial score (nSPS) is 9.29. The van der Waals surface area contributed by atoms with E-state index in [-0.39, 0.29) is 40.0 Å². The van der Waals surface area contributed by atoms with Gasteiger partial charge in [0.05, 0.1) is 8.80 Å². The average molecular weight is 455 g/mol. The van der Waals surface area contributed by atoms with Crippen molar-refractivity contribution in [2.24, 2.45) is 0 Å². The Kier molecular flexibility index (Phi) is 14.9. The van der Waals surface area contributed by atoms with Crippen LogP contribution in [0.1, 0.15) is 0 Å². The van der Waals surface area contributed by atoms with Crippen LogP contribution in [-0.2, 0) is 0 Å². The van der Waals surface area contributed by atoms with E-state index in [1.54, 1.807) is 0 Å². The Labute approximate surface area is 168 Å². The van der Waals surface area contributed by atoms with Gasteiger partial charge >= 0.3 is 23.1 Å². The molecule has 0 heterocycles. The monoisotopic (exact) mass is 452 g/mol. The first kappa shape index (κ1) is 23.9. The van der Waals surface area contributed by atoms with E-state index >= 15 is 0 Å². The van der Waals surface area contributed by atoms with Gasteiger partial charge in [0, 0.05) is 13.3 Å². The Hall–Kier alpha value is 0.600. The fourth-order valence-electron chi connectivity index (χ4n) is 1.63. The Morgan fingerprint density at radius 2 is 1.14 bits per heavy atom. The van der Waals surface area contributed by atoms with Crippen LogP contribution >= 0.6 is 15.9 Å². The standard InChI is InChI=1S/C8H11BrSi.C8H11Si.BrH.Mg/c1-10(2)8-5-3-7(9)4-6-8;1-9(2)8-6-4-3-5-7-8;;/h3-6,10H,1-2H3;4-7,9H,1-2H3;1H;/q;-1;;+2/p-1. The summed E-state index contributed by atoms with van der Waals surface area (Å²) in [6.07, 6.45) is 0. The van der Waals surface area contributed by atoms with Gasteiger partial charge in [-0.15, -0.1) is 0 Å². The van der Waals surface area contributed by atoms with E-state index in [1.807, 2.05) is 12.1 Å². The van der Waals surface area contributed by atoms with Gasteiger partial charge in [0.1, 0.15) is 0 Å². The molecule has 0 unspecified atom stereocenters. The predicted molar refractivity (Wildman–Crippen MR) is 102 cm³/mol. The van der Waals surface area contributed by atoms with Gasteiger partial charge < -0.3 is 17.0 Å². The molecule has 0 amide bonds. The molecule has 0 spiro atoms. The van der Waals surface area contributed by atoms with Gasteiger partial charge in [-0.1, -0.05) is 59.4 Å². The van der Waals surface area contributed by atoms with Crippen LogP contribution in [0.2, 0.25) is 26.2 Å². The SMILES string of the molecule is C[SiH](C)c1cc[c-]cc1.C[SiH](C)c1ccc(Br)cc1.[Br-].[Mg+2]. The minimum Gasteiger partial charge on any atom is -1.00 e. The van der Waals surface area contributed by atoms with Gasteiger partial charge in [-0.3, -0.25) is 0 Å². The molecule has 0 nitrogen and oxygen atoms in total. The first-order valence-electron chi connectivity index (χ1n) is 6.72. The second-order valence-electron chi connectivity index (χ2n) is 5.19. The first-order valence-corrected chi connectivity index (χ1v) is 13.3. The third kappa shape index (κ3) is 10.1. The van der Waals surface area contributed by atoms with Crippen LogP contribution in [-0.4, -0.2) is 40.6 Å². The van der Waals surface area contributed by atoms with Gasteiger partial charge in [-0.05, 0) is 12.1 Å². The van der Waals surface area contributed by atoms with Crippen molar-refractivity contribution in [2.45, 2.75) is 26.2 Å². The molecular formula is C16H22Br2MgSi2. The maximum Gasteiger partial charge on any atom is 2.00 e. The van der Waals surface area contributed by atoms with Crippen molar-refractivity contribution in [2.75, 3.05) is 0 Å². The molecule has 0 radical (unpaired) electrons. The summed E-state index contributed by atoms with van der Waals surface area (Å²) in [6, 6.07) is 20.0. The van der Waals surface area contributed by atoms with Crippen molar-refractivity contribution in [3.63, 3.8) is 0 Å². The Morgan fingerprint density at radius 1 is 0.762 bits per heavy atom. The van der Waals surface area contributed by atoms with E-state index in [4.69, 9.17) is 0 Å². The summed E-state index contributed by atoms with van der Waals surface area (Å²) in [4.78, 5) is 0. The maximum atomic E-state index is 3.41. The summed E-state index contributed by atoms with van der Waals surface area (Å²) in [5.41, 5.74) is 0. The Morgan fingerprint density at radius 3 is 1.48 bits per heavy atom. The number of benzene rings is 2. The number of hydrogen-bond acceptors (Lipinski definition) is 0. The maximum absolute atomic E-state index is 3.41. The molecule has 0 fully saturated rings. The molecular weight excluding hydrogens is 432 g/mol. The minimum absolute atomic E-state index is 0. The molecule has 0 atom stereocenters. The number of hydrogen-bond donors (Lipinski definition) is 0. The fraction of sp³-hybridized carbons (Fsp3) is 0.250. The van der Waals surface area contributed by atoms with Crippen molar-refractivity contribution in [3.05, 3.63) is 59.1 Å². The number of rotatable bonds is 2. The quantitative estimate of drug-likeness (QED) is 0.441. The zero-order chi connectivity index (χ0) is 14.3. The van der Waals surface area contributed by atoms with Crippen molar-refractivity contribution in [1.82, 2.24) is 0 Å². The summed E-state index contributed by atoms with van der Waals surface area (Å²) in [5, 5.41) is 3.05. The fourth-order valence-corrected chi connectivity index (χ4v) is 3.82. The molecule has 5 heteroatoms. The number of halogens is 2. The van der Waals surface area contributed by atoms with Crippen molar-refractivity contribution in [3.8, 4) is 0 Å². The molecule has 110 valence electrons. The van der Waals surface area contributed by atoms with E-state index in [0.717, 1.165) is 0 Å². The molecule has 0 aliphatic rings. The largest absolute Gasteiger partial charge is 2.00 e. The molecule has 0 bridgehead atoms. The average Bonchev–Trinajstić information content (AvgIpc) is 2.41. The Bertz CT molecular complexity index is 473. The summed E-state index contributed by atoms with van der Waals surface area (Å²) in [6.45, 7) is 9.33. The van der Waals surface area contributed by atoms with Gasteiger partial charge in [-0.2, -0.15) is 35.5 Å². The van der Waals surface area contributed by atoms with Crippen LogP contribution in [0.4, 0.5) is 0 Å². The van der Waals surface area contributed by atoms with Gasteiger partial charge in [0.25, 0.3) is 0 Å². The summed E-state index contributed by atoms with van der Waals surface area (Å²) < 4.78 is 1.17. The van der Waals surface area contributed by atoms with E-state index in [1.165, 1.54) is 14.8 Å². The van der Waals surface area contributed by atoms with E-state index in [0.29, 0.717) is 0 Å². The minimum atomic E-state index is -0.570. The molecule has 0 aliphatic carbocycles. The van der Waals surface area contributed by atoms with Gasteiger partial charge in [0.2, 0.25) is 0 Å². The van der Waals surface area contributed by atoms with E-state index < -0.39 is 17.6 Å². The molecule has 0 aromatic heterocycles. The topological polar surface area (TPSA) is 0 Å². The summed E-state index contributed by atoms with van der Waals surface area (Å²) in [5.74, 6) is 0. The zero-order valence-corrected chi connectivity index (χ0v) is 20.1. The van der Waals surface area contributed by atoms with Crippen LogP contribution < -0.4 is 27.4 Å². The molecule has 2 aromatic rings. The second-order valence-corrected chi connectivity index (χ2v) is 12.1. The van der Waals surface area contributed by atoms with Crippen molar-refractivity contribution in [1.29, 1.82) is 0 Å². The first-order chi connectivity index (χ1) is 9.00. The van der Waals surface area contributed by atoms with Crippen LogP contribution in [0.15, 0.2) is 53.0 Å². The second kappa shape index (κ2) is 13.1. The van der Waals surface area contributed by atoms with Crippen LogP contribution in [0.25, 0.3) is 0 Å². The molecule has 0 aliphatic heterocycles. The zero-order valence-electron chi connectivity index (χ0n) is 13.2. The Balaban J connectivity index is 0. The molecule has 0 N–H and O–H groups in total. The van der Waals surface area contributed by atoms with Crippen LogP contribution in [0.5, 0.6) is 0 Å². The molecule has 0 saturated heterocycles. The molecule has 21 heavy (non-hydrogen) atoms. The molecule has 2 aromatic carbocycles. The summed E-state index contributed by atoms with van der Waals surface area (Å²) >= 11 is 3.41. The van der Waals surface area contributed by atoms with Gasteiger partial charge in [0.15, 0.2) is 0 Å². The molecule has 2 rings (SSSR count). The predicted octanol–water partition coefficient (Wildman–Crippen LogP) is -0.0535. The van der Waals surface area contributed by atoms with Gasteiger partial charge in [-0.25, -0.2) is 0 Å². The summed E-state index contributed by atoms with van der Waals surface area (Å²) in [7, 11) is -1.12.